The number of rotatable bonds is 3. The number of nitrogens with one attached hydrogen (secondary N) is 2. The Balaban J connectivity index is 1.46. The van der Waals surface area contributed by atoms with Crippen LogP contribution in [0.2, 0.25) is 0 Å². The van der Waals surface area contributed by atoms with E-state index in [1.54, 1.807) is 30.3 Å². The second-order valence-corrected chi connectivity index (χ2v) is 9.66. The van der Waals surface area contributed by atoms with Gasteiger partial charge in [-0.05, 0) is 80.6 Å². The number of benzene rings is 1. The molecule has 0 heterocycles. The number of sulfonamides is 1. The van der Waals surface area contributed by atoms with E-state index in [0.29, 0.717) is 0 Å². The molecule has 124 valence electrons. The summed E-state index contributed by atoms with van der Waals surface area (Å²) in [6.07, 6.45) is 7.45. The van der Waals surface area contributed by atoms with Gasteiger partial charge in [0.2, 0.25) is 0 Å². The van der Waals surface area contributed by atoms with E-state index in [0.717, 1.165) is 37.0 Å². The summed E-state index contributed by atoms with van der Waals surface area (Å²) in [5.74, 6) is 2.38. The summed E-state index contributed by atoms with van der Waals surface area (Å²) in [4.78, 5) is 0.245. The molecule has 2 N–H and O–H groups in total. The minimum Gasteiger partial charge on any atom is -0.356 e. The topological polar surface area (TPSA) is 58.2 Å². The molecule has 1 aromatic carbocycles. The zero-order valence-corrected chi connectivity index (χ0v) is 14.6. The molecule has 4 nitrogen and oxygen atoms in total. The highest BCUT2D eigenvalue weighted by Gasteiger charge is 2.51. The van der Waals surface area contributed by atoms with E-state index in [2.05, 4.69) is 10.0 Å². The minimum atomic E-state index is -3.60. The van der Waals surface area contributed by atoms with Crippen LogP contribution in [0.25, 0.3) is 0 Å². The van der Waals surface area contributed by atoms with Crippen LogP contribution in [0.1, 0.15) is 38.5 Å². The van der Waals surface area contributed by atoms with Crippen LogP contribution >= 0.6 is 12.2 Å². The maximum Gasteiger partial charge on any atom is 0.263 e. The van der Waals surface area contributed by atoms with E-state index < -0.39 is 10.0 Å². The standard InChI is InChI=1S/C17H22N2O2S2/c20-23(21,15-4-2-1-3-5-15)19-16(22)18-17-9-12-6-13(10-17)8-14(7-12)11-17/h1-5,12-14H,6-11H2,(H2,18,19,22). The lowest BCUT2D eigenvalue weighted by atomic mass is 9.53. The Kier molecular flexibility index (Phi) is 3.65. The normalized spacial score (nSPS) is 35.0. The molecule has 5 rings (SSSR count). The monoisotopic (exact) mass is 350 g/mol. The maximum absolute atomic E-state index is 12.4. The third kappa shape index (κ3) is 2.98. The molecule has 4 aliphatic rings. The van der Waals surface area contributed by atoms with Crippen LogP contribution in [0.5, 0.6) is 0 Å². The van der Waals surface area contributed by atoms with Crippen molar-refractivity contribution in [2.75, 3.05) is 0 Å². The molecule has 0 radical (unpaired) electrons. The third-order valence-electron chi connectivity index (χ3n) is 5.70. The summed E-state index contributed by atoms with van der Waals surface area (Å²) < 4.78 is 27.3. The Hall–Kier alpha value is -1.14. The smallest absolute Gasteiger partial charge is 0.263 e. The van der Waals surface area contributed by atoms with Crippen molar-refractivity contribution in [1.82, 2.24) is 10.0 Å². The average molecular weight is 351 g/mol. The largest absolute Gasteiger partial charge is 0.356 e. The van der Waals surface area contributed by atoms with Crippen molar-refractivity contribution in [3.63, 3.8) is 0 Å². The van der Waals surface area contributed by atoms with Gasteiger partial charge in [-0.2, -0.15) is 0 Å². The molecule has 0 aliphatic heterocycles. The quantitative estimate of drug-likeness (QED) is 0.823. The fraction of sp³-hybridized carbons (Fsp3) is 0.588. The first-order valence-corrected chi connectivity index (χ1v) is 10.2. The first kappa shape index (κ1) is 15.4. The highest BCUT2D eigenvalue weighted by Crippen LogP contribution is 2.55. The molecule has 0 saturated heterocycles. The first-order valence-electron chi connectivity index (χ1n) is 8.34. The highest BCUT2D eigenvalue weighted by molar-refractivity contribution is 7.91. The van der Waals surface area contributed by atoms with E-state index in [1.165, 1.54) is 19.3 Å². The molecular weight excluding hydrogens is 328 g/mol. The molecule has 0 unspecified atom stereocenters. The van der Waals surface area contributed by atoms with Crippen LogP contribution in [0.3, 0.4) is 0 Å². The highest BCUT2D eigenvalue weighted by atomic mass is 32.2. The van der Waals surface area contributed by atoms with Crippen molar-refractivity contribution in [3.05, 3.63) is 30.3 Å². The van der Waals surface area contributed by atoms with Gasteiger partial charge in [0, 0.05) is 5.54 Å². The van der Waals surface area contributed by atoms with Gasteiger partial charge in [0.25, 0.3) is 10.0 Å². The third-order valence-corrected chi connectivity index (χ3v) is 7.40. The zero-order chi connectivity index (χ0) is 16.1. The Morgan fingerprint density at radius 3 is 2.04 bits per heavy atom. The molecule has 23 heavy (non-hydrogen) atoms. The van der Waals surface area contributed by atoms with Gasteiger partial charge in [-0.25, -0.2) is 8.42 Å². The summed E-state index contributed by atoms with van der Waals surface area (Å²) in [5.41, 5.74) is 0.0189. The molecule has 0 atom stereocenters. The molecule has 0 spiro atoms. The van der Waals surface area contributed by atoms with Crippen LogP contribution in [0.4, 0.5) is 0 Å². The van der Waals surface area contributed by atoms with Crippen molar-refractivity contribution in [2.45, 2.75) is 49.0 Å². The van der Waals surface area contributed by atoms with Crippen molar-refractivity contribution < 1.29 is 8.42 Å². The van der Waals surface area contributed by atoms with Gasteiger partial charge in [-0.15, -0.1) is 0 Å². The van der Waals surface area contributed by atoms with Gasteiger partial charge in [-0.1, -0.05) is 18.2 Å². The van der Waals surface area contributed by atoms with Crippen LogP contribution < -0.4 is 10.0 Å². The van der Waals surface area contributed by atoms with E-state index in [1.807, 2.05) is 0 Å². The fourth-order valence-electron chi connectivity index (χ4n) is 5.31. The van der Waals surface area contributed by atoms with Gasteiger partial charge in [0.05, 0.1) is 4.90 Å². The van der Waals surface area contributed by atoms with Crippen molar-refractivity contribution in [2.24, 2.45) is 17.8 Å². The molecular formula is C17H22N2O2S2. The molecule has 4 saturated carbocycles. The van der Waals surface area contributed by atoms with E-state index >= 15 is 0 Å². The number of hydrogen-bond donors (Lipinski definition) is 2. The van der Waals surface area contributed by atoms with Crippen LogP contribution in [0.15, 0.2) is 35.2 Å². The first-order chi connectivity index (χ1) is 10.9. The summed E-state index contributed by atoms with van der Waals surface area (Å²) >= 11 is 5.34. The Labute approximate surface area is 143 Å². The molecule has 0 amide bonds. The molecule has 6 heteroatoms. The lowest BCUT2D eigenvalue weighted by Crippen LogP contribution is -2.61. The predicted molar refractivity (Wildman–Crippen MR) is 93.4 cm³/mol. The van der Waals surface area contributed by atoms with Gasteiger partial charge < -0.3 is 5.32 Å². The number of thiocarbonyl (C=S) groups is 1. The molecule has 4 aliphatic carbocycles. The van der Waals surface area contributed by atoms with E-state index in [4.69, 9.17) is 12.2 Å². The Morgan fingerprint density at radius 1 is 1.00 bits per heavy atom. The molecule has 4 bridgehead atoms. The van der Waals surface area contributed by atoms with Crippen molar-refractivity contribution >= 4 is 27.4 Å². The fourth-order valence-corrected chi connectivity index (χ4v) is 6.78. The molecule has 4 fully saturated rings. The van der Waals surface area contributed by atoms with Crippen LogP contribution in [0, 0.1) is 17.8 Å². The summed E-state index contributed by atoms with van der Waals surface area (Å²) in [5, 5.41) is 3.64. The number of hydrogen-bond acceptors (Lipinski definition) is 3. The second-order valence-electron chi connectivity index (χ2n) is 7.57. The lowest BCUT2D eigenvalue weighted by Gasteiger charge is -2.57. The zero-order valence-electron chi connectivity index (χ0n) is 13.0. The lowest BCUT2D eigenvalue weighted by molar-refractivity contribution is -0.00996. The molecule has 1 aromatic rings. The Morgan fingerprint density at radius 2 is 1.52 bits per heavy atom. The summed E-state index contributed by atoms with van der Waals surface area (Å²) in [7, 11) is -3.60. The Bertz CT molecular complexity index is 680. The SMILES string of the molecule is O=S(=O)(NC(=S)NC12CC3CC(CC(C3)C1)C2)c1ccccc1. The maximum atomic E-state index is 12.4. The predicted octanol–water partition coefficient (Wildman–Crippen LogP) is 2.81. The van der Waals surface area contributed by atoms with Gasteiger partial charge >= 0.3 is 0 Å². The minimum absolute atomic E-state index is 0.0189. The summed E-state index contributed by atoms with van der Waals surface area (Å²) in [6, 6.07) is 8.38. The van der Waals surface area contributed by atoms with Gasteiger partial charge in [0.1, 0.15) is 0 Å². The van der Waals surface area contributed by atoms with Gasteiger partial charge in [-0.3, -0.25) is 4.72 Å². The van der Waals surface area contributed by atoms with Gasteiger partial charge in [0.15, 0.2) is 5.11 Å². The second kappa shape index (κ2) is 5.45. The summed E-state index contributed by atoms with van der Waals surface area (Å²) in [6.45, 7) is 0. The van der Waals surface area contributed by atoms with Crippen molar-refractivity contribution in [1.29, 1.82) is 0 Å². The van der Waals surface area contributed by atoms with Crippen LogP contribution in [-0.2, 0) is 10.0 Å². The molecule has 0 aromatic heterocycles. The average Bonchev–Trinajstić information content (AvgIpc) is 2.45. The van der Waals surface area contributed by atoms with E-state index in [9.17, 15) is 8.42 Å². The van der Waals surface area contributed by atoms with Crippen molar-refractivity contribution in [3.8, 4) is 0 Å². The van der Waals surface area contributed by atoms with E-state index in [-0.39, 0.29) is 15.5 Å². The van der Waals surface area contributed by atoms with Crippen LogP contribution in [-0.4, -0.2) is 19.1 Å².